The Morgan fingerprint density at radius 2 is 1.65 bits per heavy atom. The van der Waals surface area contributed by atoms with E-state index in [-0.39, 0.29) is 17.1 Å². The lowest BCUT2D eigenvalue weighted by molar-refractivity contribution is -0.144. The maximum Gasteiger partial charge on any atom is 0.408 e. The number of sulfone groups is 1. The Labute approximate surface area is 152 Å². The standard InChI is InChI=1S/C17H23NO7S/c1-6-24-15(20)13(18-16(21)25-17(2,3)4)14(19)11-7-9-12(10-8-11)26(5,22)23/h7-10,13H,6H2,1-5H3,(H,18,21)/t13-/m0/s1. The van der Waals surface area contributed by atoms with E-state index in [1.54, 1.807) is 27.7 Å². The van der Waals surface area contributed by atoms with Crippen LogP contribution >= 0.6 is 0 Å². The number of carbonyl (C=O) groups is 3. The predicted octanol–water partition coefficient (Wildman–Crippen LogP) is 1.73. The second-order valence-electron chi connectivity index (χ2n) is 6.49. The highest BCUT2D eigenvalue weighted by atomic mass is 32.2. The van der Waals surface area contributed by atoms with Crippen molar-refractivity contribution >= 4 is 27.7 Å². The lowest BCUT2D eigenvalue weighted by Gasteiger charge is -2.22. The first-order valence-corrected chi connectivity index (χ1v) is 9.75. The van der Waals surface area contributed by atoms with Gasteiger partial charge in [-0.05, 0) is 39.8 Å². The van der Waals surface area contributed by atoms with Crippen molar-refractivity contribution in [3.63, 3.8) is 0 Å². The van der Waals surface area contributed by atoms with Gasteiger partial charge in [-0.25, -0.2) is 18.0 Å². The summed E-state index contributed by atoms with van der Waals surface area (Å²) in [5, 5.41) is 2.20. The molecule has 1 atom stereocenters. The number of rotatable bonds is 6. The highest BCUT2D eigenvalue weighted by Gasteiger charge is 2.32. The minimum absolute atomic E-state index is 0.0195. The van der Waals surface area contributed by atoms with Gasteiger partial charge in [0.15, 0.2) is 21.7 Å². The summed E-state index contributed by atoms with van der Waals surface area (Å²) in [6.07, 6.45) is 0.0895. The van der Waals surface area contributed by atoms with Crippen LogP contribution in [0.1, 0.15) is 38.1 Å². The fraction of sp³-hybridized carbons (Fsp3) is 0.471. The number of ketones is 1. The van der Waals surface area contributed by atoms with Crippen LogP contribution in [0.2, 0.25) is 0 Å². The van der Waals surface area contributed by atoms with Crippen LogP contribution in [0.15, 0.2) is 29.2 Å². The zero-order valence-corrected chi connectivity index (χ0v) is 16.2. The van der Waals surface area contributed by atoms with Crippen LogP contribution < -0.4 is 5.32 Å². The van der Waals surface area contributed by atoms with E-state index in [4.69, 9.17) is 9.47 Å². The maximum absolute atomic E-state index is 12.6. The molecule has 9 heteroatoms. The number of alkyl carbamates (subject to hydrolysis) is 1. The van der Waals surface area contributed by atoms with E-state index < -0.39 is 39.3 Å². The molecular formula is C17H23NO7S. The van der Waals surface area contributed by atoms with Gasteiger partial charge < -0.3 is 14.8 Å². The molecule has 1 aromatic rings. The van der Waals surface area contributed by atoms with E-state index in [0.717, 1.165) is 6.26 Å². The van der Waals surface area contributed by atoms with Gasteiger partial charge >= 0.3 is 12.1 Å². The van der Waals surface area contributed by atoms with Crippen LogP contribution in [0.3, 0.4) is 0 Å². The first-order valence-electron chi connectivity index (χ1n) is 7.85. The van der Waals surface area contributed by atoms with Crippen molar-refractivity contribution in [1.29, 1.82) is 0 Å². The Morgan fingerprint density at radius 1 is 1.12 bits per heavy atom. The minimum atomic E-state index is -3.42. The number of amides is 1. The molecule has 0 fully saturated rings. The Kier molecular flexibility index (Phi) is 6.91. The van der Waals surface area contributed by atoms with Crippen molar-refractivity contribution in [2.24, 2.45) is 0 Å². The second-order valence-corrected chi connectivity index (χ2v) is 8.51. The molecular weight excluding hydrogens is 362 g/mol. The summed E-state index contributed by atoms with van der Waals surface area (Å²) < 4.78 is 32.9. The molecule has 0 heterocycles. The normalized spacial score (nSPS) is 12.8. The molecule has 1 N–H and O–H groups in total. The zero-order chi connectivity index (χ0) is 20.1. The second kappa shape index (κ2) is 8.31. The molecule has 0 aliphatic heterocycles. The third-order valence-electron chi connectivity index (χ3n) is 3.01. The van der Waals surface area contributed by atoms with Crippen molar-refractivity contribution in [3.8, 4) is 0 Å². The molecule has 144 valence electrons. The molecule has 1 rings (SSSR count). The van der Waals surface area contributed by atoms with Gasteiger partial charge in [-0.15, -0.1) is 0 Å². The Morgan fingerprint density at radius 3 is 2.08 bits per heavy atom. The van der Waals surface area contributed by atoms with Crippen LogP contribution in [0.4, 0.5) is 4.79 Å². The Balaban J connectivity index is 3.08. The van der Waals surface area contributed by atoms with E-state index in [1.807, 2.05) is 0 Å². The summed E-state index contributed by atoms with van der Waals surface area (Å²) in [5.74, 6) is -1.68. The molecule has 0 unspecified atom stereocenters. The molecule has 0 aliphatic rings. The average molecular weight is 385 g/mol. The first kappa shape index (κ1) is 21.6. The van der Waals surface area contributed by atoms with Crippen molar-refractivity contribution in [2.75, 3.05) is 12.9 Å². The number of carbonyl (C=O) groups excluding carboxylic acids is 3. The van der Waals surface area contributed by atoms with Crippen LogP contribution in [0, 0.1) is 0 Å². The van der Waals surface area contributed by atoms with Crippen LogP contribution in [0.5, 0.6) is 0 Å². The van der Waals surface area contributed by atoms with Gasteiger partial charge in [0.25, 0.3) is 0 Å². The van der Waals surface area contributed by atoms with Crippen LogP contribution in [-0.2, 0) is 24.1 Å². The summed E-state index contributed by atoms with van der Waals surface area (Å²) in [5.41, 5.74) is -0.768. The fourth-order valence-electron chi connectivity index (χ4n) is 1.92. The number of esters is 1. The number of nitrogens with one attached hydrogen (secondary N) is 1. The number of ether oxygens (including phenoxy) is 2. The molecule has 0 saturated heterocycles. The first-order chi connectivity index (χ1) is 11.8. The van der Waals surface area contributed by atoms with Gasteiger partial charge in [0.2, 0.25) is 0 Å². The molecule has 0 aliphatic carbocycles. The lowest BCUT2D eigenvalue weighted by Crippen LogP contribution is -2.49. The average Bonchev–Trinajstić information content (AvgIpc) is 2.49. The SMILES string of the molecule is CCOC(=O)[C@@H](NC(=O)OC(C)(C)C)C(=O)c1ccc(S(C)(=O)=O)cc1. The molecule has 0 spiro atoms. The molecule has 0 bridgehead atoms. The molecule has 8 nitrogen and oxygen atoms in total. The number of hydrogen-bond acceptors (Lipinski definition) is 7. The smallest absolute Gasteiger partial charge is 0.408 e. The molecule has 0 aromatic heterocycles. The number of hydrogen-bond donors (Lipinski definition) is 1. The fourth-order valence-corrected chi connectivity index (χ4v) is 2.55. The maximum atomic E-state index is 12.6. The molecule has 0 saturated carbocycles. The van der Waals surface area contributed by atoms with E-state index in [9.17, 15) is 22.8 Å². The Hall–Kier alpha value is -2.42. The quantitative estimate of drug-likeness (QED) is 0.450. The topological polar surface area (TPSA) is 116 Å². The summed E-state index contributed by atoms with van der Waals surface area (Å²) in [6.45, 7) is 6.49. The van der Waals surface area contributed by atoms with Gasteiger partial charge in [-0.1, -0.05) is 12.1 Å². The van der Waals surface area contributed by atoms with Crippen molar-refractivity contribution < 1.29 is 32.3 Å². The van der Waals surface area contributed by atoms with E-state index in [2.05, 4.69) is 5.32 Å². The van der Waals surface area contributed by atoms with Crippen molar-refractivity contribution in [3.05, 3.63) is 29.8 Å². The van der Waals surface area contributed by atoms with Crippen LogP contribution in [-0.4, -0.2) is 50.8 Å². The highest BCUT2D eigenvalue weighted by molar-refractivity contribution is 7.90. The molecule has 1 amide bonds. The number of benzene rings is 1. The van der Waals surface area contributed by atoms with Gasteiger partial charge in [-0.2, -0.15) is 0 Å². The van der Waals surface area contributed by atoms with E-state index in [1.165, 1.54) is 24.3 Å². The minimum Gasteiger partial charge on any atom is -0.464 e. The predicted molar refractivity (Wildman–Crippen MR) is 93.7 cm³/mol. The third kappa shape index (κ3) is 6.47. The third-order valence-corrected chi connectivity index (χ3v) is 4.14. The molecule has 26 heavy (non-hydrogen) atoms. The summed E-state index contributed by atoms with van der Waals surface area (Å²) >= 11 is 0. The van der Waals surface area contributed by atoms with Gasteiger partial charge in [0.1, 0.15) is 5.60 Å². The molecule has 1 aromatic carbocycles. The van der Waals surface area contributed by atoms with E-state index >= 15 is 0 Å². The van der Waals surface area contributed by atoms with Crippen molar-refractivity contribution in [2.45, 2.75) is 44.2 Å². The van der Waals surface area contributed by atoms with Crippen molar-refractivity contribution in [1.82, 2.24) is 5.32 Å². The largest absolute Gasteiger partial charge is 0.464 e. The number of Topliss-reactive ketones (excluding diaryl/α,β-unsaturated/α-hetero) is 1. The zero-order valence-electron chi connectivity index (χ0n) is 15.4. The summed E-state index contributed by atoms with van der Waals surface area (Å²) in [4.78, 5) is 36.6. The molecule has 0 radical (unpaired) electrons. The van der Waals surface area contributed by atoms with E-state index in [0.29, 0.717) is 0 Å². The Bertz CT molecular complexity index is 776. The highest BCUT2D eigenvalue weighted by Crippen LogP contribution is 2.13. The van der Waals surface area contributed by atoms with Gasteiger partial charge in [-0.3, -0.25) is 4.79 Å². The lowest BCUT2D eigenvalue weighted by atomic mass is 10.0. The monoisotopic (exact) mass is 385 g/mol. The summed E-state index contributed by atoms with van der Waals surface area (Å²) in [7, 11) is -3.42. The van der Waals surface area contributed by atoms with Gasteiger partial charge in [0.05, 0.1) is 11.5 Å². The summed E-state index contributed by atoms with van der Waals surface area (Å²) in [6, 6.07) is 3.42. The van der Waals surface area contributed by atoms with Crippen LogP contribution in [0.25, 0.3) is 0 Å². The van der Waals surface area contributed by atoms with Gasteiger partial charge in [0, 0.05) is 11.8 Å².